The molecule has 0 radical (unpaired) electrons. The SMILES string of the molecule is O=C(O)CCOCCN(CCOCCC(=O)O)CCOCCC(=O)O. The fraction of sp³-hybridized carbons (Fsp3) is 0.800. The first kappa shape index (κ1) is 23.2. The number of rotatable bonds is 18. The number of hydrogen-bond donors (Lipinski definition) is 3. The molecule has 0 heterocycles. The van der Waals surface area contributed by atoms with Crippen molar-refractivity contribution in [1.29, 1.82) is 0 Å². The van der Waals surface area contributed by atoms with Crippen LogP contribution in [-0.4, -0.2) is 97.4 Å². The molecule has 0 bridgehead atoms. The molecule has 3 N–H and O–H groups in total. The van der Waals surface area contributed by atoms with Crippen molar-refractivity contribution in [2.45, 2.75) is 19.3 Å². The molecule has 25 heavy (non-hydrogen) atoms. The third-order valence-electron chi connectivity index (χ3n) is 3.04. The van der Waals surface area contributed by atoms with E-state index >= 15 is 0 Å². The largest absolute Gasteiger partial charge is 0.481 e. The predicted octanol–water partition coefficient (Wildman–Crippen LogP) is -0.238. The zero-order valence-electron chi connectivity index (χ0n) is 14.2. The average molecular weight is 365 g/mol. The minimum atomic E-state index is -0.921. The van der Waals surface area contributed by atoms with Gasteiger partial charge in [0.25, 0.3) is 0 Å². The first-order valence-electron chi connectivity index (χ1n) is 8.02. The van der Waals surface area contributed by atoms with Gasteiger partial charge in [-0.1, -0.05) is 0 Å². The highest BCUT2D eigenvalue weighted by molar-refractivity contribution is 5.67. The van der Waals surface area contributed by atoms with Gasteiger partial charge in [0.15, 0.2) is 0 Å². The van der Waals surface area contributed by atoms with Crippen molar-refractivity contribution in [3.63, 3.8) is 0 Å². The van der Waals surface area contributed by atoms with E-state index in [1.165, 1.54) is 0 Å². The van der Waals surface area contributed by atoms with E-state index in [4.69, 9.17) is 29.5 Å². The maximum absolute atomic E-state index is 10.4. The molecule has 0 aliphatic carbocycles. The lowest BCUT2D eigenvalue weighted by Crippen LogP contribution is -2.34. The monoisotopic (exact) mass is 365 g/mol. The second-order valence-electron chi connectivity index (χ2n) is 5.11. The molecule has 0 aromatic carbocycles. The molecule has 0 atom stereocenters. The first-order chi connectivity index (χ1) is 11.9. The van der Waals surface area contributed by atoms with Crippen molar-refractivity contribution >= 4 is 17.9 Å². The Morgan fingerprint density at radius 3 is 1.08 bits per heavy atom. The lowest BCUT2D eigenvalue weighted by molar-refractivity contribution is -0.139. The van der Waals surface area contributed by atoms with Gasteiger partial charge < -0.3 is 29.5 Å². The summed E-state index contributed by atoms with van der Waals surface area (Å²) in [5.41, 5.74) is 0. The molecule has 0 fully saturated rings. The van der Waals surface area contributed by atoms with Gasteiger partial charge in [-0.2, -0.15) is 0 Å². The Morgan fingerprint density at radius 1 is 0.560 bits per heavy atom. The molecule has 0 spiro atoms. The molecular weight excluding hydrogens is 338 g/mol. The van der Waals surface area contributed by atoms with Gasteiger partial charge in [0, 0.05) is 19.6 Å². The fourth-order valence-electron chi connectivity index (χ4n) is 1.70. The van der Waals surface area contributed by atoms with Gasteiger partial charge >= 0.3 is 17.9 Å². The minimum absolute atomic E-state index is 0.0589. The van der Waals surface area contributed by atoms with Crippen LogP contribution in [0.2, 0.25) is 0 Å². The predicted molar refractivity (Wildman–Crippen MR) is 85.7 cm³/mol. The lowest BCUT2D eigenvalue weighted by Gasteiger charge is -2.22. The molecule has 0 unspecified atom stereocenters. The standard InChI is InChI=1S/C15H27NO9/c17-13(18)1-7-23-10-4-16(5-11-24-8-2-14(19)20)6-12-25-9-3-15(21)22/h1-12H2,(H,17,18)(H,19,20)(H,21,22). The van der Waals surface area contributed by atoms with Crippen molar-refractivity contribution in [3.8, 4) is 0 Å². The van der Waals surface area contributed by atoms with Gasteiger partial charge in [0.1, 0.15) is 0 Å². The van der Waals surface area contributed by atoms with E-state index in [-0.39, 0.29) is 39.1 Å². The summed E-state index contributed by atoms with van der Waals surface area (Å²) < 4.78 is 15.7. The van der Waals surface area contributed by atoms with Gasteiger partial charge in [0.05, 0.1) is 58.9 Å². The topological polar surface area (TPSA) is 143 Å². The summed E-state index contributed by atoms with van der Waals surface area (Å²) >= 11 is 0. The summed E-state index contributed by atoms with van der Waals surface area (Å²) in [7, 11) is 0. The number of carboxylic acid groups (broad SMARTS) is 3. The van der Waals surface area contributed by atoms with Crippen LogP contribution < -0.4 is 0 Å². The molecule has 0 amide bonds. The zero-order valence-corrected chi connectivity index (χ0v) is 14.2. The number of nitrogens with zero attached hydrogens (tertiary/aromatic N) is 1. The molecule has 146 valence electrons. The van der Waals surface area contributed by atoms with E-state index in [0.29, 0.717) is 39.5 Å². The van der Waals surface area contributed by atoms with E-state index in [2.05, 4.69) is 0 Å². The summed E-state index contributed by atoms with van der Waals surface area (Å²) in [6, 6.07) is 0. The van der Waals surface area contributed by atoms with Crippen molar-refractivity contribution in [1.82, 2.24) is 4.90 Å². The number of hydrogen-bond acceptors (Lipinski definition) is 7. The fourth-order valence-corrected chi connectivity index (χ4v) is 1.70. The van der Waals surface area contributed by atoms with E-state index < -0.39 is 17.9 Å². The van der Waals surface area contributed by atoms with Gasteiger partial charge in [-0.15, -0.1) is 0 Å². The highest BCUT2D eigenvalue weighted by Gasteiger charge is 2.07. The Balaban J connectivity index is 3.92. The smallest absolute Gasteiger partial charge is 0.305 e. The van der Waals surface area contributed by atoms with Crippen LogP contribution in [0, 0.1) is 0 Å². The third-order valence-corrected chi connectivity index (χ3v) is 3.04. The minimum Gasteiger partial charge on any atom is -0.481 e. The van der Waals surface area contributed by atoms with Crippen LogP contribution in [0.25, 0.3) is 0 Å². The van der Waals surface area contributed by atoms with Crippen molar-refractivity contribution in [2.75, 3.05) is 59.3 Å². The second-order valence-corrected chi connectivity index (χ2v) is 5.11. The second kappa shape index (κ2) is 15.8. The molecule has 10 heteroatoms. The van der Waals surface area contributed by atoms with Gasteiger partial charge in [-0.05, 0) is 0 Å². The van der Waals surface area contributed by atoms with Crippen molar-refractivity contribution in [2.24, 2.45) is 0 Å². The molecule has 0 aliphatic rings. The molecule has 0 saturated heterocycles. The summed E-state index contributed by atoms with van der Waals surface area (Å²) in [5.74, 6) is -2.76. The van der Waals surface area contributed by atoms with Crippen LogP contribution in [0.15, 0.2) is 0 Å². The number of aliphatic carboxylic acids is 3. The number of ether oxygens (including phenoxy) is 3. The Morgan fingerprint density at radius 2 is 0.840 bits per heavy atom. The van der Waals surface area contributed by atoms with Crippen molar-refractivity contribution in [3.05, 3.63) is 0 Å². The van der Waals surface area contributed by atoms with E-state index in [9.17, 15) is 14.4 Å². The lowest BCUT2D eigenvalue weighted by atomic mass is 10.4. The molecule has 0 rings (SSSR count). The number of carboxylic acids is 3. The van der Waals surface area contributed by atoms with Crippen LogP contribution >= 0.6 is 0 Å². The third kappa shape index (κ3) is 18.4. The molecule has 0 aromatic heterocycles. The Bertz CT molecular complexity index is 332. The van der Waals surface area contributed by atoms with Gasteiger partial charge in [-0.25, -0.2) is 0 Å². The Kier molecular flexibility index (Phi) is 14.7. The van der Waals surface area contributed by atoms with Crippen LogP contribution in [0.3, 0.4) is 0 Å². The summed E-state index contributed by atoms with van der Waals surface area (Å²) in [4.78, 5) is 33.1. The quantitative estimate of drug-likeness (QED) is 0.278. The maximum atomic E-state index is 10.4. The van der Waals surface area contributed by atoms with Crippen LogP contribution in [0.1, 0.15) is 19.3 Å². The maximum Gasteiger partial charge on any atom is 0.305 e. The zero-order chi connectivity index (χ0) is 18.9. The summed E-state index contributed by atoms with van der Waals surface area (Å²) in [5, 5.41) is 25.6. The molecule has 0 aliphatic heterocycles. The van der Waals surface area contributed by atoms with Gasteiger partial charge in [-0.3, -0.25) is 19.3 Å². The molecule has 0 saturated carbocycles. The van der Waals surface area contributed by atoms with E-state index in [0.717, 1.165) is 0 Å². The van der Waals surface area contributed by atoms with E-state index in [1.54, 1.807) is 0 Å². The molecular formula is C15H27NO9. The summed E-state index contributed by atoms with van der Waals surface area (Å²) in [6.07, 6.45) is -0.177. The van der Waals surface area contributed by atoms with Crippen LogP contribution in [0.5, 0.6) is 0 Å². The molecule has 10 nitrogen and oxygen atoms in total. The Labute approximate surface area is 146 Å². The molecule has 0 aromatic rings. The van der Waals surface area contributed by atoms with Gasteiger partial charge in [0.2, 0.25) is 0 Å². The number of carbonyl (C=O) groups is 3. The highest BCUT2D eigenvalue weighted by Crippen LogP contribution is 1.94. The Hall–Kier alpha value is -1.75. The highest BCUT2D eigenvalue weighted by atomic mass is 16.5. The van der Waals surface area contributed by atoms with Crippen molar-refractivity contribution < 1.29 is 43.9 Å². The first-order valence-corrected chi connectivity index (χ1v) is 8.02. The average Bonchev–Trinajstić information content (AvgIpc) is 2.52. The van der Waals surface area contributed by atoms with E-state index in [1.807, 2.05) is 4.90 Å². The summed E-state index contributed by atoms with van der Waals surface area (Å²) in [6.45, 7) is 3.03. The van der Waals surface area contributed by atoms with Crippen LogP contribution in [-0.2, 0) is 28.6 Å². The normalized spacial score (nSPS) is 10.9. The van der Waals surface area contributed by atoms with Crippen LogP contribution in [0.4, 0.5) is 0 Å².